The highest BCUT2D eigenvalue weighted by Gasteiger charge is 2.28. The van der Waals surface area contributed by atoms with Gasteiger partial charge in [-0.1, -0.05) is 15.9 Å². The maximum Gasteiger partial charge on any atom is 0.258 e. The number of nitrogens with one attached hydrogen (secondary N) is 1. The van der Waals surface area contributed by atoms with Crippen LogP contribution in [0.1, 0.15) is 30.1 Å². The zero-order valence-electron chi connectivity index (χ0n) is 10.7. The first-order valence-electron chi connectivity index (χ1n) is 6.27. The molecule has 0 unspecified atom stereocenters. The first-order valence-corrected chi connectivity index (χ1v) is 7.06. The number of rotatable bonds is 6. The number of amides is 1. The summed E-state index contributed by atoms with van der Waals surface area (Å²) in [7, 11) is 0. The third-order valence-electron chi connectivity index (χ3n) is 3.18. The van der Waals surface area contributed by atoms with E-state index in [1.54, 1.807) is 18.2 Å². The van der Waals surface area contributed by atoms with E-state index in [0.29, 0.717) is 23.5 Å². The minimum atomic E-state index is -0.154. The first kappa shape index (κ1) is 14.1. The Bertz CT molecular complexity index is 486. The molecule has 5 heteroatoms. The molecule has 4 nitrogen and oxygen atoms in total. The summed E-state index contributed by atoms with van der Waals surface area (Å²) in [5.41, 5.74) is 0.428. The Morgan fingerprint density at radius 3 is 2.95 bits per heavy atom. The lowest BCUT2D eigenvalue weighted by Gasteiger charge is -2.13. The molecular weight excluding hydrogens is 310 g/mol. The molecule has 19 heavy (non-hydrogen) atoms. The number of aldehydes is 1. The van der Waals surface area contributed by atoms with Crippen LogP contribution < -0.4 is 10.1 Å². The van der Waals surface area contributed by atoms with Gasteiger partial charge in [-0.3, -0.25) is 9.59 Å². The number of carbonyl (C=O) groups excluding carboxylic acids is 2. The van der Waals surface area contributed by atoms with Crippen LogP contribution in [0.15, 0.2) is 22.7 Å². The van der Waals surface area contributed by atoms with Crippen molar-refractivity contribution >= 4 is 28.1 Å². The van der Waals surface area contributed by atoms with E-state index >= 15 is 0 Å². The van der Waals surface area contributed by atoms with Crippen molar-refractivity contribution in [3.05, 3.63) is 28.2 Å². The average molecular weight is 326 g/mol. The number of carbonyl (C=O) groups is 2. The fourth-order valence-corrected chi connectivity index (χ4v) is 2.27. The largest absolute Gasteiger partial charge is 0.483 e. The Balaban J connectivity index is 1.87. The predicted octanol–water partition coefficient (Wildman–Crippen LogP) is 2.56. The zero-order chi connectivity index (χ0) is 13.8. The van der Waals surface area contributed by atoms with E-state index in [0.717, 1.165) is 4.47 Å². The second kappa shape index (κ2) is 6.19. The zero-order valence-corrected chi connectivity index (χ0v) is 12.3. The van der Waals surface area contributed by atoms with Crippen LogP contribution in [-0.2, 0) is 4.79 Å². The normalized spacial score (nSPS) is 15.7. The molecule has 2 rings (SSSR count). The molecule has 1 aliphatic carbocycles. The quantitative estimate of drug-likeness (QED) is 0.818. The lowest BCUT2D eigenvalue weighted by atomic mass is 10.2. The Morgan fingerprint density at radius 1 is 1.58 bits per heavy atom. The Labute approximate surface area is 120 Å². The summed E-state index contributed by atoms with van der Waals surface area (Å²) < 4.78 is 6.18. The van der Waals surface area contributed by atoms with Crippen molar-refractivity contribution in [2.45, 2.75) is 25.8 Å². The van der Waals surface area contributed by atoms with Gasteiger partial charge in [0.2, 0.25) is 0 Å². The van der Waals surface area contributed by atoms with Gasteiger partial charge in [0.1, 0.15) is 5.75 Å². The van der Waals surface area contributed by atoms with Gasteiger partial charge in [0, 0.05) is 10.5 Å². The van der Waals surface area contributed by atoms with Crippen molar-refractivity contribution in [2.24, 2.45) is 5.92 Å². The van der Waals surface area contributed by atoms with Gasteiger partial charge in [0.15, 0.2) is 12.9 Å². The molecule has 1 aliphatic rings. The number of hydrogen-bond donors (Lipinski definition) is 1. The molecule has 102 valence electrons. The molecule has 1 atom stereocenters. The lowest BCUT2D eigenvalue weighted by Crippen LogP contribution is -2.37. The van der Waals surface area contributed by atoms with Crippen molar-refractivity contribution < 1.29 is 14.3 Å². The Morgan fingerprint density at radius 2 is 2.32 bits per heavy atom. The van der Waals surface area contributed by atoms with Gasteiger partial charge in [0.25, 0.3) is 5.91 Å². The molecule has 0 aromatic heterocycles. The maximum atomic E-state index is 11.7. The Hall–Kier alpha value is -1.36. The number of halogens is 1. The fourth-order valence-electron chi connectivity index (χ4n) is 1.90. The summed E-state index contributed by atoms with van der Waals surface area (Å²) in [4.78, 5) is 22.6. The molecule has 1 aromatic carbocycles. The van der Waals surface area contributed by atoms with Crippen LogP contribution in [0.25, 0.3) is 0 Å². The van der Waals surface area contributed by atoms with E-state index in [-0.39, 0.29) is 18.6 Å². The predicted molar refractivity (Wildman–Crippen MR) is 75.4 cm³/mol. The second-order valence-corrected chi connectivity index (χ2v) is 5.70. The molecule has 1 fully saturated rings. The molecular formula is C14H16BrNO3. The molecule has 1 aromatic rings. The van der Waals surface area contributed by atoms with E-state index in [4.69, 9.17) is 4.74 Å². The number of benzene rings is 1. The summed E-state index contributed by atoms with van der Waals surface area (Å²) >= 11 is 3.28. The minimum absolute atomic E-state index is 0.0699. The summed E-state index contributed by atoms with van der Waals surface area (Å²) in [5, 5.41) is 2.90. The van der Waals surface area contributed by atoms with Gasteiger partial charge in [-0.15, -0.1) is 0 Å². The van der Waals surface area contributed by atoms with Crippen molar-refractivity contribution in [3.63, 3.8) is 0 Å². The van der Waals surface area contributed by atoms with Gasteiger partial charge in [0.05, 0.1) is 5.56 Å². The van der Waals surface area contributed by atoms with Gasteiger partial charge < -0.3 is 10.1 Å². The van der Waals surface area contributed by atoms with E-state index < -0.39 is 0 Å². The van der Waals surface area contributed by atoms with Crippen LogP contribution in [-0.4, -0.2) is 24.8 Å². The molecule has 0 radical (unpaired) electrons. The molecule has 1 saturated carbocycles. The standard InChI is InChI=1S/C14H16BrNO3/c1-9(10-2-3-10)16-14(18)8-19-13-5-4-12(15)6-11(13)7-17/h4-7,9-10H,2-3,8H2,1H3,(H,16,18)/t9-/m0/s1. The van der Waals surface area contributed by atoms with Gasteiger partial charge in [-0.05, 0) is 43.9 Å². The number of ether oxygens (including phenoxy) is 1. The highest BCUT2D eigenvalue weighted by atomic mass is 79.9. The molecule has 0 spiro atoms. The summed E-state index contributed by atoms with van der Waals surface area (Å²) in [6, 6.07) is 5.30. The van der Waals surface area contributed by atoms with E-state index in [1.807, 2.05) is 6.92 Å². The van der Waals surface area contributed by atoms with Crippen LogP contribution in [0.3, 0.4) is 0 Å². The summed E-state index contributed by atoms with van der Waals surface area (Å²) in [6.07, 6.45) is 3.08. The Kier molecular flexibility index (Phi) is 4.58. The van der Waals surface area contributed by atoms with Crippen molar-refractivity contribution in [1.82, 2.24) is 5.32 Å². The SMILES string of the molecule is C[C@H](NC(=O)COc1ccc(Br)cc1C=O)C1CC1. The van der Waals surface area contributed by atoms with Crippen LogP contribution in [0.4, 0.5) is 0 Å². The van der Waals surface area contributed by atoms with Crippen LogP contribution in [0, 0.1) is 5.92 Å². The topological polar surface area (TPSA) is 55.4 Å². The van der Waals surface area contributed by atoms with Crippen LogP contribution in [0.2, 0.25) is 0 Å². The fraction of sp³-hybridized carbons (Fsp3) is 0.429. The smallest absolute Gasteiger partial charge is 0.258 e. The minimum Gasteiger partial charge on any atom is -0.483 e. The summed E-state index contributed by atoms with van der Waals surface area (Å²) in [5.74, 6) is 0.883. The van der Waals surface area contributed by atoms with Crippen molar-refractivity contribution in [1.29, 1.82) is 0 Å². The van der Waals surface area contributed by atoms with Crippen LogP contribution in [0.5, 0.6) is 5.75 Å². The molecule has 0 saturated heterocycles. The van der Waals surface area contributed by atoms with Crippen molar-refractivity contribution in [2.75, 3.05) is 6.61 Å². The van der Waals surface area contributed by atoms with Gasteiger partial charge in [-0.25, -0.2) is 0 Å². The third kappa shape index (κ3) is 4.06. The van der Waals surface area contributed by atoms with E-state index in [9.17, 15) is 9.59 Å². The van der Waals surface area contributed by atoms with E-state index in [2.05, 4.69) is 21.2 Å². The highest BCUT2D eigenvalue weighted by Crippen LogP contribution is 2.32. The van der Waals surface area contributed by atoms with Gasteiger partial charge in [-0.2, -0.15) is 0 Å². The first-order chi connectivity index (χ1) is 9.10. The second-order valence-electron chi connectivity index (χ2n) is 4.78. The third-order valence-corrected chi connectivity index (χ3v) is 3.67. The lowest BCUT2D eigenvalue weighted by molar-refractivity contribution is -0.123. The molecule has 1 amide bonds. The van der Waals surface area contributed by atoms with E-state index in [1.165, 1.54) is 12.8 Å². The average Bonchev–Trinajstić information content (AvgIpc) is 3.21. The molecule has 0 aliphatic heterocycles. The molecule has 0 heterocycles. The monoisotopic (exact) mass is 325 g/mol. The summed E-state index contributed by atoms with van der Waals surface area (Å²) in [6.45, 7) is 1.94. The molecule has 1 N–H and O–H groups in total. The number of hydrogen-bond acceptors (Lipinski definition) is 3. The van der Waals surface area contributed by atoms with Crippen LogP contribution >= 0.6 is 15.9 Å². The maximum absolute atomic E-state index is 11.7. The van der Waals surface area contributed by atoms with Gasteiger partial charge >= 0.3 is 0 Å². The molecule has 0 bridgehead atoms. The highest BCUT2D eigenvalue weighted by molar-refractivity contribution is 9.10. The van der Waals surface area contributed by atoms with Crippen molar-refractivity contribution in [3.8, 4) is 5.75 Å².